The molecule has 0 unspecified atom stereocenters. The molecule has 0 radical (unpaired) electrons. The summed E-state index contributed by atoms with van der Waals surface area (Å²) in [6.45, 7) is 0. The molecule has 0 atom stereocenters. The lowest BCUT2D eigenvalue weighted by Gasteiger charge is -2.12. The number of halogens is 3. The van der Waals surface area contributed by atoms with E-state index >= 15 is 0 Å². The Morgan fingerprint density at radius 3 is 2.44 bits per heavy atom. The molecule has 0 spiro atoms. The first-order chi connectivity index (χ1) is 11.9. The molecule has 0 saturated carbocycles. The van der Waals surface area contributed by atoms with Crippen LogP contribution in [0.15, 0.2) is 57.7 Å². The van der Waals surface area contributed by atoms with Crippen LogP contribution >= 0.6 is 0 Å². The molecule has 0 aliphatic rings. The highest BCUT2D eigenvalue weighted by Crippen LogP contribution is 2.37. The third kappa shape index (κ3) is 2.25. The zero-order valence-electron chi connectivity index (χ0n) is 13.0. The minimum absolute atomic E-state index is 0.0891. The summed E-state index contributed by atoms with van der Waals surface area (Å²) in [5.74, 6) is 0.460. The van der Waals surface area contributed by atoms with Crippen molar-refractivity contribution in [3.63, 3.8) is 0 Å². The van der Waals surface area contributed by atoms with Crippen LogP contribution < -0.4 is 10.2 Å². The number of hydrogen-bond acceptors (Lipinski definition) is 3. The predicted octanol–water partition coefficient (Wildman–Crippen LogP) is 5.13. The van der Waals surface area contributed by atoms with Gasteiger partial charge in [0, 0.05) is 5.39 Å². The minimum atomic E-state index is -4.61. The average Bonchev–Trinajstić information content (AvgIpc) is 2.59. The molecule has 3 aromatic carbocycles. The standard InChI is InChI=1S/C19H11F3O3/c1-24-13-7-2-4-10-8-9-14-16(15(10)13)17(23)11-5-3-6-12(18(11)25-14)19(20,21)22/h2-9H,1H3. The van der Waals surface area contributed by atoms with E-state index in [9.17, 15) is 18.0 Å². The molecular formula is C19H11F3O3. The maximum atomic E-state index is 13.2. The lowest BCUT2D eigenvalue weighted by molar-refractivity contribution is -0.136. The summed E-state index contributed by atoms with van der Waals surface area (Å²) in [5.41, 5.74) is -1.85. The molecule has 6 heteroatoms. The second kappa shape index (κ2) is 5.24. The van der Waals surface area contributed by atoms with E-state index in [0.717, 1.165) is 11.5 Å². The summed E-state index contributed by atoms with van der Waals surface area (Å²) in [6, 6.07) is 11.9. The maximum absolute atomic E-state index is 13.2. The molecule has 1 aromatic heterocycles. The number of para-hydroxylation sites is 1. The maximum Gasteiger partial charge on any atom is 0.420 e. The van der Waals surface area contributed by atoms with Crippen molar-refractivity contribution >= 4 is 32.7 Å². The minimum Gasteiger partial charge on any atom is -0.496 e. The van der Waals surface area contributed by atoms with Gasteiger partial charge in [0.05, 0.1) is 23.4 Å². The van der Waals surface area contributed by atoms with Crippen molar-refractivity contribution in [2.75, 3.05) is 7.11 Å². The van der Waals surface area contributed by atoms with Gasteiger partial charge in [-0.05, 0) is 29.7 Å². The quantitative estimate of drug-likeness (QED) is 0.355. The second-order valence-corrected chi connectivity index (χ2v) is 5.61. The lowest BCUT2D eigenvalue weighted by Crippen LogP contribution is -2.10. The molecule has 0 aliphatic carbocycles. The Balaban J connectivity index is 2.27. The molecule has 0 amide bonds. The molecule has 0 saturated heterocycles. The third-order valence-corrected chi connectivity index (χ3v) is 4.19. The van der Waals surface area contributed by atoms with Gasteiger partial charge in [0.25, 0.3) is 0 Å². The van der Waals surface area contributed by atoms with Crippen LogP contribution in [0.3, 0.4) is 0 Å². The number of fused-ring (bicyclic) bond motifs is 4. The van der Waals surface area contributed by atoms with Gasteiger partial charge < -0.3 is 9.15 Å². The molecule has 0 aliphatic heterocycles. The van der Waals surface area contributed by atoms with Gasteiger partial charge in [0.2, 0.25) is 5.43 Å². The first kappa shape index (κ1) is 15.5. The van der Waals surface area contributed by atoms with Crippen molar-refractivity contribution in [3.8, 4) is 5.75 Å². The Morgan fingerprint density at radius 2 is 1.72 bits per heavy atom. The van der Waals surface area contributed by atoms with E-state index in [-0.39, 0.29) is 16.4 Å². The van der Waals surface area contributed by atoms with E-state index in [1.807, 2.05) is 0 Å². The van der Waals surface area contributed by atoms with Crippen molar-refractivity contribution in [3.05, 3.63) is 64.3 Å². The van der Waals surface area contributed by atoms with Crippen molar-refractivity contribution in [2.45, 2.75) is 6.18 Å². The van der Waals surface area contributed by atoms with Crippen molar-refractivity contribution < 1.29 is 22.3 Å². The molecule has 1 heterocycles. The van der Waals surface area contributed by atoms with Gasteiger partial charge in [-0.3, -0.25) is 4.79 Å². The number of methoxy groups -OCH3 is 1. The van der Waals surface area contributed by atoms with Crippen LogP contribution in [0.2, 0.25) is 0 Å². The van der Waals surface area contributed by atoms with Crippen LogP contribution in [0, 0.1) is 0 Å². The first-order valence-corrected chi connectivity index (χ1v) is 7.44. The van der Waals surface area contributed by atoms with Crippen LogP contribution in [-0.2, 0) is 6.18 Å². The van der Waals surface area contributed by atoms with Crippen molar-refractivity contribution in [2.24, 2.45) is 0 Å². The van der Waals surface area contributed by atoms with Crippen LogP contribution in [-0.4, -0.2) is 7.11 Å². The molecule has 4 aromatic rings. The SMILES string of the molecule is COc1cccc2ccc3oc4c(C(F)(F)F)cccc4c(=O)c3c12. The predicted molar refractivity (Wildman–Crippen MR) is 89.1 cm³/mol. The average molecular weight is 344 g/mol. The topological polar surface area (TPSA) is 39.4 Å². The van der Waals surface area contributed by atoms with Crippen molar-refractivity contribution in [1.82, 2.24) is 0 Å². The lowest BCUT2D eigenvalue weighted by atomic mass is 10.0. The highest BCUT2D eigenvalue weighted by atomic mass is 19.4. The summed E-state index contributed by atoms with van der Waals surface area (Å²) in [7, 11) is 1.47. The Kier molecular flexibility index (Phi) is 3.25. The van der Waals surface area contributed by atoms with Crippen LogP contribution in [0.25, 0.3) is 32.7 Å². The highest BCUT2D eigenvalue weighted by molar-refractivity contribution is 6.11. The van der Waals surface area contributed by atoms with E-state index in [1.165, 1.54) is 25.3 Å². The van der Waals surface area contributed by atoms with E-state index < -0.39 is 22.8 Å². The zero-order valence-corrected chi connectivity index (χ0v) is 13.0. The van der Waals surface area contributed by atoms with E-state index in [4.69, 9.17) is 9.15 Å². The number of ether oxygens (including phenoxy) is 1. The fourth-order valence-corrected chi connectivity index (χ4v) is 3.10. The molecule has 3 nitrogen and oxygen atoms in total. The highest BCUT2D eigenvalue weighted by Gasteiger charge is 2.34. The molecule has 0 fully saturated rings. The Morgan fingerprint density at radius 1 is 0.960 bits per heavy atom. The van der Waals surface area contributed by atoms with Gasteiger partial charge >= 0.3 is 6.18 Å². The van der Waals surface area contributed by atoms with Crippen LogP contribution in [0.4, 0.5) is 13.2 Å². The van der Waals surface area contributed by atoms with Gasteiger partial charge in [0.1, 0.15) is 11.3 Å². The summed E-state index contributed by atoms with van der Waals surface area (Å²) in [5, 5.41) is 1.36. The summed E-state index contributed by atoms with van der Waals surface area (Å²) in [4.78, 5) is 13.0. The number of benzene rings is 3. The van der Waals surface area contributed by atoms with Crippen LogP contribution in [0.5, 0.6) is 5.75 Å². The third-order valence-electron chi connectivity index (χ3n) is 4.19. The van der Waals surface area contributed by atoms with Gasteiger partial charge in [-0.15, -0.1) is 0 Å². The summed E-state index contributed by atoms with van der Waals surface area (Å²) < 4.78 is 50.6. The number of hydrogen-bond donors (Lipinski definition) is 0. The van der Waals surface area contributed by atoms with Crippen molar-refractivity contribution in [1.29, 1.82) is 0 Å². The normalized spacial score (nSPS) is 12.2. The van der Waals surface area contributed by atoms with E-state index in [2.05, 4.69) is 0 Å². The molecule has 25 heavy (non-hydrogen) atoms. The largest absolute Gasteiger partial charge is 0.496 e. The molecular weight excluding hydrogens is 333 g/mol. The fraction of sp³-hybridized carbons (Fsp3) is 0.105. The molecule has 0 bridgehead atoms. The van der Waals surface area contributed by atoms with Gasteiger partial charge in [0.15, 0.2) is 5.58 Å². The van der Waals surface area contributed by atoms with Gasteiger partial charge in [-0.2, -0.15) is 13.2 Å². The Labute approximate surface area is 139 Å². The number of alkyl halides is 3. The number of rotatable bonds is 1. The zero-order chi connectivity index (χ0) is 17.8. The smallest absolute Gasteiger partial charge is 0.420 e. The van der Waals surface area contributed by atoms with Crippen LogP contribution in [0.1, 0.15) is 5.56 Å². The summed E-state index contributed by atoms with van der Waals surface area (Å²) >= 11 is 0. The fourth-order valence-electron chi connectivity index (χ4n) is 3.10. The monoisotopic (exact) mass is 344 g/mol. The Hall–Kier alpha value is -3.02. The van der Waals surface area contributed by atoms with E-state index in [1.54, 1.807) is 24.3 Å². The molecule has 126 valence electrons. The van der Waals surface area contributed by atoms with Gasteiger partial charge in [-0.25, -0.2) is 0 Å². The van der Waals surface area contributed by atoms with E-state index in [0.29, 0.717) is 11.1 Å². The second-order valence-electron chi connectivity index (χ2n) is 5.61. The Bertz CT molecular complexity index is 1190. The molecule has 4 rings (SSSR count). The molecule has 0 N–H and O–H groups in total. The van der Waals surface area contributed by atoms with Gasteiger partial charge in [-0.1, -0.05) is 24.3 Å². The summed E-state index contributed by atoms with van der Waals surface area (Å²) in [6.07, 6.45) is -4.61. The first-order valence-electron chi connectivity index (χ1n) is 7.44.